The van der Waals surface area contributed by atoms with Crippen molar-refractivity contribution < 1.29 is 0 Å². The summed E-state index contributed by atoms with van der Waals surface area (Å²) in [6, 6.07) is 0. The van der Waals surface area contributed by atoms with Gasteiger partial charge in [-0.25, -0.2) is 0 Å². The van der Waals surface area contributed by atoms with E-state index in [1.165, 1.54) is 16.7 Å². The van der Waals surface area contributed by atoms with Crippen molar-refractivity contribution in [2.45, 2.75) is 19.8 Å². The molecule has 0 aromatic carbocycles. The largest absolute Gasteiger partial charge is 0.305 e. The van der Waals surface area contributed by atoms with E-state index >= 15 is 0 Å². The molecule has 0 aromatic heterocycles. The SMILES string of the molecule is C=C1CCC=C(CN(C)C)/C1=C/C. The van der Waals surface area contributed by atoms with E-state index < -0.39 is 0 Å². The second-order valence-electron chi connectivity index (χ2n) is 3.81. The minimum Gasteiger partial charge on any atom is -0.305 e. The summed E-state index contributed by atoms with van der Waals surface area (Å²) in [5.74, 6) is 0. The summed E-state index contributed by atoms with van der Waals surface area (Å²) < 4.78 is 0. The Hall–Kier alpha value is -0.820. The summed E-state index contributed by atoms with van der Waals surface area (Å²) in [5, 5.41) is 0. The number of nitrogens with zero attached hydrogens (tertiary/aromatic N) is 1. The third kappa shape index (κ3) is 2.56. The standard InChI is InChI=1S/C12H19N/c1-5-12-10(2)7-6-8-11(12)9-13(3)4/h5,8H,2,6-7,9H2,1,3-4H3/b12-5+. The second kappa shape index (κ2) is 4.43. The maximum absolute atomic E-state index is 4.10. The van der Waals surface area contributed by atoms with Gasteiger partial charge in [0, 0.05) is 6.54 Å². The first-order chi connectivity index (χ1) is 6.15. The molecular formula is C12H19N. The Balaban J connectivity index is 2.81. The van der Waals surface area contributed by atoms with Crippen molar-refractivity contribution in [3.63, 3.8) is 0 Å². The van der Waals surface area contributed by atoms with Crippen molar-refractivity contribution in [3.05, 3.63) is 35.5 Å². The van der Waals surface area contributed by atoms with Crippen LogP contribution >= 0.6 is 0 Å². The molecule has 0 heterocycles. The highest BCUT2D eigenvalue weighted by Crippen LogP contribution is 2.28. The zero-order valence-corrected chi connectivity index (χ0v) is 8.93. The number of allylic oxidation sites excluding steroid dienone is 3. The molecule has 0 aromatic rings. The molecule has 1 nitrogen and oxygen atoms in total. The fourth-order valence-electron chi connectivity index (χ4n) is 1.77. The van der Waals surface area contributed by atoms with Crippen molar-refractivity contribution in [3.8, 4) is 0 Å². The summed E-state index contributed by atoms with van der Waals surface area (Å²) in [6.07, 6.45) is 6.79. The number of hydrogen-bond acceptors (Lipinski definition) is 1. The molecule has 0 radical (unpaired) electrons. The van der Waals surface area contributed by atoms with Crippen molar-refractivity contribution >= 4 is 0 Å². The summed E-state index contributed by atoms with van der Waals surface area (Å²) in [4.78, 5) is 2.20. The average Bonchev–Trinajstić information content (AvgIpc) is 2.03. The molecule has 0 saturated heterocycles. The molecule has 0 fully saturated rings. The second-order valence-corrected chi connectivity index (χ2v) is 3.81. The van der Waals surface area contributed by atoms with Crippen LogP contribution in [0.25, 0.3) is 0 Å². The molecule has 0 amide bonds. The van der Waals surface area contributed by atoms with E-state index in [1.807, 2.05) is 0 Å². The third-order valence-electron chi connectivity index (χ3n) is 2.34. The summed E-state index contributed by atoms with van der Waals surface area (Å²) in [7, 11) is 4.21. The van der Waals surface area contributed by atoms with Crippen molar-refractivity contribution in [1.29, 1.82) is 0 Å². The summed E-state index contributed by atoms with van der Waals surface area (Å²) in [5.41, 5.74) is 4.09. The lowest BCUT2D eigenvalue weighted by Crippen LogP contribution is -2.18. The fourth-order valence-corrected chi connectivity index (χ4v) is 1.77. The van der Waals surface area contributed by atoms with Crippen LogP contribution in [0.2, 0.25) is 0 Å². The van der Waals surface area contributed by atoms with Crippen LogP contribution in [-0.2, 0) is 0 Å². The average molecular weight is 177 g/mol. The van der Waals surface area contributed by atoms with E-state index in [4.69, 9.17) is 0 Å². The smallest absolute Gasteiger partial charge is 0.0230 e. The first-order valence-electron chi connectivity index (χ1n) is 4.83. The molecule has 13 heavy (non-hydrogen) atoms. The highest BCUT2D eigenvalue weighted by Gasteiger charge is 2.12. The minimum absolute atomic E-state index is 1.03. The molecule has 0 bridgehead atoms. The van der Waals surface area contributed by atoms with Crippen LogP contribution in [0.1, 0.15) is 19.8 Å². The highest BCUT2D eigenvalue weighted by molar-refractivity contribution is 5.48. The van der Waals surface area contributed by atoms with E-state index in [0.29, 0.717) is 0 Å². The molecule has 0 unspecified atom stereocenters. The Labute approximate surface area is 81.4 Å². The molecule has 72 valence electrons. The Morgan fingerprint density at radius 1 is 1.54 bits per heavy atom. The maximum Gasteiger partial charge on any atom is 0.0230 e. The topological polar surface area (TPSA) is 3.24 Å². The Bertz CT molecular complexity index is 256. The molecule has 0 spiro atoms. The van der Waals surface area contributed by atoms with Gasteiger partial charge in [0.15, 0.2) is 0 Å². The van der Waals surface area contributed by atoms with Gasteiger partial charge in [-0.05, 0) is 50.6 Å². The van der Waals surface area contributed by atoms with Gasteiger partial charge in [0.1, 0.15) is 0 Å². The lowest BCUT2D eigenvalue weighted by molar-refractivity contribution is 0.445. The molecule has 0 aliphatic heterocycles. The zero-order valence-electron chi connectivity index (χ0n) is 8.93. The molecule has 0 atom stereocenters. The quantitative estimate of drug-likeness (QED) is 0.627. The molecule has 1 aliphatic carbocycles. The van der Waals surface area contributed by atoms with Crippen LogP contribution in [0.4, 0.5) is 0 Å². The number of hydrogen-bond donors (Lipinski definition) is 0. The molecule has 1 rings (SSSR count). The Morgan fingerprint density at radius 2 is 2.23 bits per heavy atom. The third-order valence-corrected chi connectivity index (χ3v) is 2.34. The van der Waals surface area contributed by atoms with Crippen LogP contribution in [0.15, 0.2) is 35.5 Å². The van der Waals surface area contributed by atoms with Gasteiger partial charge in [-0.2, -0.15) is 0 Å². The molecule has 0 N–H and O–H groups in total. The van der Waals surface area contributed by atoms with Crippen LogP contribution in [0, 0.1) is 0 Å². The van der Waals surface area contributed by atoms with Crippen LogP contribution < -0.4 is 0 Å². The van der Waals surface area contributed by atoms with Gasteiger partial charge in [0.05, 0.1) is 0 Å². The lowest BCUT2D eigenvalue weighted by atomic mass is 9.89. The van der Waals surface area contributed by atoms with Crippen molar-refractivity contribution in [2.24, 2.45) is 0 Å². The molecule has 0 saturated carbocycles. The maximum atomic E-state index is 4.10. The van der Waals surface area contributed by atoms with E-state index in [9.17, 15) is 0 Å². The predicted octanol–water partition coefficient (Wildman–Crippen LogP) is 2.77. The lowest BCUT2D eigenvalue weighted by Gasteiger charge is -2.22. The van der Waals surface area contributed by atoms with Crippen molar-refractivity contribution in [2.75, 3.05) is 20.6 Å². The Morgan fingerprint density at radius 3 is 2.77 bits per heavy atom. The van der Waals surface area contributed by atoms with Crippen LogP contribution in [-0.4, -0.2) is 25.5 Å². The number of likely N-dealkylation sites (N-methyl/N-ethyl adjacent to an activating group) is 1. The van der Waals surface area contributed by atoms with E-state index in [-0.39, 0.29) is 0 Å². The summed E-state index contributed by atoms with van der Waals surface area (Å²) in [6.45, 7) is 7.22. The van der Waals surface area contributed by atoms with Gasteiger partial charge in [-0.15, -0.1) is 0 Å². The summed E-state index contributed by atoms with van der Waals surface area (Å²) >= 11 is 0. The molecule has 1 aliphatic rings. The monoisotopic (exact) mass is 177 g/mol. The van der Waals surface area contributed by atoms with Gasteiger partial charge in [0.25, 0.3) is 0 Å². The van der Waals surface area contributed by atoms with E-state index in [2.05, 4.69) is 44.6 Å². The van der Waals surface area contributed by atoms with Gasteiger partial charge < -0.3 is 4.90 Å². The first kappa shape index (κ1) is 10.3. The van der Waals surface area contributed by atoms with Gasteiger partial charge in [0.2, 0.25) is 0 Å². The predicted molar refractivity (Wildman–Crippen MR) is 58.8 cm³/mol. The minimum atomic E-state index is 1.03. The first-order valence-corrected chi connectivity index (χ1v) is 4.83. The normalized spacial score (nSPS) is 21.1. The molecule has 1 heteroatoms. The fraction of sp³-hybridized carbons (Fsp3) is 0.500. The van der Waals surface area contributed by atoms with Crippen LogP contribution in [0.5, 0.6) is 0 Å². The number of rotatable bonds is 2. The van der Waals surface area contributed by atoms with Crippen LogP contribution in [0.3, 0.4) is 0 Å². The van der Waals surface area contributed by atoms with Gasteiger partial charge in [-0.1, -0.05) is 18.7 Å². The van der Waals surface area contributed by atoms with Crippen molar-refractivity contribution in [1.82, 2.24) is 4.90 Å². The van der Waals surface area contributed by atoms with E-state index in [1.54, 1.807) is 0 Å². The highest BCUT2D eigenvalue weighted by atomic mass is 15.0. The van der Waals surface area contributed by atoms with E-state index in [0.717, 1.165) is 19.4 Å². The zero-order chi connectivity index (χ0) is 9.84. The Kier molecular flexibility index (Phi) is 3.49. The molecular weight excluding hydrogens is 158 g/mol. The van der Waals surface area contributed by atoms with Gasteiger partial charge in [-0.3, -0.25) is 0 Å². The van der Waals surface area contributed by atoms with Gasteiger partial charge >= 0.3 is 0 Å².